The van der Waals surface area contributed by atoms with Crippen molar-refractivity contribution in [2.45, 2.75) is 9.63 Å². The molecular formula is C7H11ClNa2O6P2S. The molecule has 0 bridgehead atoms. The van der Waals surface area contributed by atoms with Gasteiger partial charge in [0.1, 0.15) is 0 Å². The average Bonchev–Trinajstić information content (AvgIpc) is 2.13. The minimum atomic E-state index is -4.91. The Morgan fingerprint density at radius 2 is 1.32 bits per heavy atom. The molecular weight excluding hydrogens is 356 g/mol. The van der Waals surface area contributed by atoms with Crippen molar-refractivity contribution in [1.29, 1.82) is 0 Å². The van der Waals surface area contributed by atoms with E-state index in [1.54, 1.807) is 0 Å². The van der Waals surface area contributed by atoms with E-state index in [2.05, 4.69) is 0 Å². The van der Waals surface area contributed by atoms with Gasteiger partial charge >= 0.3 is 74.3 Å². The van der Waals surface area contributed by atoms with Crippen LogP contribution in [0.15, 0.2) is 29.2 Å². The standard InChI is InChI=1S/C7H9ClO6P2S.2Na.2H/c8-5-1-3-6(4-2-5)17-7(15(9,10)11)16(12,13)14;;;;/h1-4,7H,(H2,9,10,11)(H2,12,13,14);;;;. The van der Waals surface area contributed by atoms with Gasteiger partial charge in [-0.25, -0.2) is 0 Å². The maximum absolute atomic E-state index is 11.0. The molecule has 0 aromatic heterocycles. The average molecular weight is 367 g/mol. The molecule has 0 unspecified atom stereocenters. The summed E-state index contributed by atoms with van der Waals surface area (Å²) in [7, 11) is -9.82. The van der Waals surface area contributed by atoms with Crippen molar-refractivity contribution in [1.82, 2.24) is 0 Å². The van der Waals surface area contributed by atoms with Gasteiger partial charge in [-0.05, 0) is 24.3 Å². The van der Waals surface area contributed by atoms with Crippen molar-refractivity contribution in [3.8, 4) is 0 Å². The number of hydrogen-bond acceptors (Lipinski definition) is 3. The molecule has 0 fully saturated rings. The van der Waals surface area contributed by atoms with Gasteiger partial charge in [0.2, 0.25) is 4.73 Å². The fourth-order valence-electron chi connectivity index (χ4n) is 0.968. The SMILES string of the molecule is O=P(O)(O)C(Sc1ccc(Cl)cc1)P(=O)(O)O.[NaH].[NaH]. The second kappa shape index (κ2) is 9.33. The van der Waals surface area contributed by atoms with Crippen molar-refractivity contribution in [3.63, 3.8) is 0 Å². The van der Waals surface area contributed by atoms with E-state index in [9.17, 15) is 9.13 Å². The third-order valence-electron chi connectivity index (χ3n) is 1.63. The molecule has 0 aliphatic heterocycles. The van der Waals surface area contributed by atoms with Crippen LogP contribution in [0.4, 0.5) is 0 Å². The van der Waals surface area contributed by atoms with E-state index >= 15 is 0 Å². The van der Waals surface area contributed by atoms with Crippen LogP contribution in [0.2, 0.25) is 5.02 Å². The van der Waals surface area contributed by atoms with Crippen LogP contribution in [0.25, 0.3) is 0 Å². The van der Waals surface area contributed by atoms with E-state index in [-0.39, 0.29) is 59.1 Å². The van der Waals surface area contributed by atoms with Crippen LogP contribution < -0.4 is 0 Å². The number of thioether (sulfide) groups is 1. The third-order valence-corrected chi connectivity index (χ3v) is 7.87. The van der Waals surface area contributed by atoms with Gasteiger partial charge in [0.25, 0.3) is 0 Å². The van der Waals surface area contributed by atoms with Gasteiger partial charge in [0.15, 0.2) is 0 Å². The fourth-order valence-corrected chi connectivity index (χ4v) is 5.03. The van der Waals surface area contributed by atoms with Crippen molar-refractivity contribution < 1.29 is 28.7 Å². The maximum atomic E-state index is 11.0. The summed E-state index contributed by atoms with van der Waals surface area (Å²) in [5.41, 5.74) is 0. The zero-order valence-electron chi connectivity index (χ0n) is 8.17. The Kier molecular flexibility index (Phi) is 11.5. The van der Waals surface area contributed by atoms with E-state index in [1.165, 1.54) is 24.3 Å². The first kappa shape index (κ1) is 23.4. The van der Waals surface area contributed by atoms with Crippen LogP contribution >= 0.6 is 38.6 Å². The summed E-state index contributed by atoms with van der Waals surface area (Å²) in [5.74, 6) is 0. The van der Waals surface area contributed by atoms with Crippen molar-refractivity contribution in [3.05, 3.63) is 29.3 Å². The Morgan fingerprint density at radius 3 is 1.63 bits per heavy atom. The van der Waals surface area contributed by atoms with E-state index in [1.807, 2.05) is 0 Å². The van der Waals surface area contributed by atoms with Crippen LogP contribution in [-0.4, -0.2) is 83.4 Å². The summed E-state index contributed by atoms with van der Waals surface area (Å²) in [4.78, 5) is 35.9. The Labute approximate surface area is 163 Å². The van der Waals surface area contributed by atoms with Gasteiger partial charge in [-0.2, -0.15) is 0 Å². The predicted octanol–water partition coefficient (Wildman–Crippen LogP) is 0.774. The number of halogens is 1. The molecule has 0 radical (unpaired) electrons. The van der Waals surface area contributed by atoms with Gasteiger partial charge in [0.05, 0.1) is 0 Å². The molecule has 0 amide bonds. The molecule has 0 atom stereocenters. The van der Waals surface area contributed by atoms with Gasteiger partial charge in [0, 0.05) is 9.92 Å². The van der Waals surface area contributed by atoms with Crippen LogP contribution in [0.1, 0.15) is 0 Å². The van der Waals surface area contributed by atoms with Gasteiger partial charge in [-0.3, -0.25) is 9.13 Å². The second-order valence-electron chi connectivity index (χ2n) is 3.08. The Bertz CT molecular complexity index is 467. The number of hydrogen-bond donors (Lipinski definition) is 4. The molecule has 100 valence electrons. The van der Waals surface area contributed by atoms with Crippen LogP contribution in [-0.2, 0) is 9.13 Å². The Balaban J connectivity index is 0. The van der Waals surface area contributed by atoms with Crippen molar-refractivity contribution >= 4 is 97.7 Å². The molecule has 0 spiro atoms. The zero-order valence-corrected chi connectivity index (χ0v) is 11.5. The summed E-state index contributed by atoms with van der Waals surface area (Å²) >= 11 is 6.04. The Hall–Kier alpha value is 2.16. The van der Waals surface area contributed by atoms with Crippen LogP contribution in [0, 0.1) is 0 Å². The molecule has 0 saturated heterocycles. The molecule has 6 nitrogen and oxygen atoms in total. The normalized spacial score (nSPS) is 11.7. The summed E-state index contributed by atoms with van der Waals surface area (Å²) in [5, 5.41) is 0.415. The van der Waals surface area contributed by atoms with E-state index < -0.39 is 19.9 Å². The van der Waals surface area contributed by atoms with Gasteiger partial charge in [-0.15, -0.1) is 0 Å². The zero-order chi connectivity index (χ0) is 13.3. The first-order valence-corrected chi connectivity index (χ1v) is 8.75. The molecule has 1 aromatic carbocycles. The molecule has 19 heavy (non-hydrogen) atoms. The van der Waals surface area contributed by atoms with Crippen molar-refractivity contribution in [2.75, 3.05) is 0 Å². The molecule has 0 aliphatic rings. The molecule has 12 heteroatoms. The molecule has 1 aromatic rings. The fraction of sp³-hybridized carbons (Fsp3) is 0.143. The third kappa shape index (κ3) is 8.38. The number of rotatable bonds is 4. The van der Waals surface area contributed by atoms with E-state index in [0.717, 1.165) is 0 Å². The molecule has 0 heterocycles. The topological polar surface area (TPSA) is 115 Å². The Morgan fingerprint density at radius 1 is 0.947 bits per heavy atom. The quantitative estimate of drug-likeness (QED) is 0.353. The first-order chi connectivity index (χ1) is 7.60. The van der Waals surface area contributed by atoms with E-state index in [4.69, 9.17) is 31.2 Å². The van der Waals surface area contributed by atoms with E-state index in [0.29, 0.717) is 21.7 Å². The summed E-state index contributed by atoms with van der Waals surface area (Å²) in [6.45, 7) is 0. The first-order valence-electron chi connectivity index (χ1n) is 4.13. The monoisotopic (exact) mass is 366 g/mol. The van der Waals surface area contributed by atoms with Crippen LogP contribution in [0.5, 0.6) is 0 Å². The molecule has 0 aliphatic carbocycles. The summed E-state index contributed by atoms with van der Waals surface area (Å²) in [6, 6.07) is 5.76. The minimum absolute atomic E-state index is 0. The summed E-state index contributed by atoms with van der Waals surface area (Å²) in [6.07, 6.45) is 0. The van der Waals surface area contributed by atoms with Gasteiger partial charge in [-0.1, -0.05) is 23.4 Å². The van der Waals surface area contributed by atoms with Crippen LogP contribution in [0.3, 0.4) is 0 Å². The summed E-state index contributed by atoms with van der Waals surface area (Å²) < 4.78 is 19.9. The molecule has 0 saturated carbocycles. The molecule has 1 rings (SSSR count). The molecule has 4 N–H and O–H groups in total. The van der Waals surface area contributed by atoms with Crippen molar-refractivity contribution in [2.24, 2.45) is 0 Å². The second-order valence-corrected chi connectivity index (χ2v) is 9.19. The predicted molar refractivity (Wildman–Crippen MR) is 79.5 cm³/mol. The number of benzene rings is 1. The van der Waals surface area contributed by atoms with Gasteiger partial charge < -0.3 is 19.6 Å².